The molecule has 1 aromatic carbocycles. The standard InChI is InChI=1S/C12H14ClNO3S2/c1-19(16,17)12-8-18-5-4-14(12)10-3-2-9(7-15)11(13)6-10/h2-3,6-7,12H,4-5,8H2,1H3. The highest BCUT2D eigenvalue weighted by atomic mass is 35.5. The van der Waals surface area contributed by atoms with Crippen molar-refractivity contribution in [3.8, 4) is 0 Å². The summed E-state index contributed by atoms with van der Waals surface area (Å²) in [7, 11) is -3.16. The van der Waals surface area contributed by atoms with Crippen LogP contribution in [0.15, 0.2) is 18.2 Å². The van der Waals surface area contributed by atoms with Crippen LogP contribution in [0, 0.1) is 0 Å². The van der Waals surface area contributed by atoms with Crippen molar-refractivity contribution in [2.75, 3.05) is 29.2 Å². The molecule has 7 heteroatoms. The topological polar surface area (TPSA) is 54.5 Å². The molecule has 19 heavy (non-hydrogen) atoms. The van der Waals surface area contributed by atoms with E-state index in [1.807, 2.05) is 4.90 Å². The first-order chi connectivity index (χ1) is 8.93. The molecule has 1 fully saturated rings. The van der Waals surface area contributed by atoms with Gasteiger partial charge in [-0.3, -0.25) is 4.79 Å². The van der Waals surface area contributed by atoms with Crippen molar-refractivity contribution in [1.82, 2.24) is 0 Å². The van der Waals surface area contributed by atoms with Crippen molar-refractivity contribution < 1.29 is 13.2 Å². The van der Waals surface area contributed by atoms with Gasteiger partial charge in [-0.15, -0.1) is 0 Å². The first-order valence-electron chi connectivity index (χ1n) is 5.71. The molecule has 0 N–H and O–H groups in total. The maximum Gasteiger partial charge on any atom is 0.169 e. The number of carbonyl (C=O) groups is 1. The number of anilines is 1. The number of thioether (sulfide) groups is 1. The molecule has 104 valence electrons. The minimum atomic E-state index is -3.16. The number of nitrogens with zero attached hydrogens (tertiary/aromatic N) is 1. The minimum absolute atomic E-state index is 0.345. The van der Waals surface area contributed by atoms with Gasteiger partial charge < -0.3 is 4.90 Å². The molecular weight excluding hydrogens is 306 g/mol. The Balaban J connectivity index is 2.38. The smallest absolute Gasteiger partial charge is 0.169 e. The molecule has 0 radical (unpaired) electrons. The van der Waals surface area contributed by atoms with Crippen molar-refractivity contribution in [2.45, 2.75) is 5.37 Å². The molecule has 1 saturated heterocycles. The van der Waals surface area contributed by atoms with E-state index in [0.717, 1.165) is 11.4 Å². The zero-order valence-corrected chi connectivity index (χ0v) is 12.8. The molecule has 4 nitrogen and oxygen atoms in total. The fourth-order valence-electron chi connectivity index (χ4n) is 2.02. The summed E-state index contributed by atoms with van der Waals surface area (Å²) in [5, 5.41) is -0.192. The quantitative estimate of drug-likeness (QED) is 0.798. The lowest BCUT2D eigenvalue weighted by Gasteiger charge is -2.36. The Bertz CT molecular complexity index is 589. The number of hydrogen-bond donors (Lipinski definition) is 0. The van der Waals surface area contributed by atoms with Gasteiger partial charge in [-0.25, -0.2) is 8.42 Å². The molecular formula is C12H14ClNO3S2. The van der Waals surface area contributed by atoms with Crippen LogP contribution in [0.4, 0.5) is 5.69 Å². The van der Waals surface area contributed by atoms with Gasteiger partial charge in [-0.2, -0.15) is 11.8 Å². The summed E-state index contributed by atoms with van der Waals surface area (Å²) in [6.45, 7) is 0.652. The van der Waals surface area contributed by atoms with Crippen LogP contribution in [0.25, 0.3) is 0 Å². The molecule has 0 aromatic heterocycles. The van der Waals surface area contributed by atoms with Crippen molar-refractivity contribution in [3.63, 3.8) is 0 Å². The van der Waals surface area contributed by atoms with Gasteiger partial charge >= 0.3 is 0 Å². The van der Waals surface area contributed by atoms with E-state index in [0.29, 0.717) is 29.2 Å². The summed E-state index contributed by atoms with van der Waals surface area (Å²) >= 11 is 7.63. The molecule has 0 spiro atoms. The Hall–Kier alpha value is -0.720. The van der Waals surface area contributed by atoms with Crippen LogP contribution >= 0.6 is 23.4 Å². The third-order valence-electron chi connectivity index (χ3n) is 3.02. The first kappa shape index (κ1) is 14.7. The zero-order valence-electron chi connectivity index (χ0n) is 10.4. The van der Waals surface area contributed by atoms with Gasteiger partial charge in [-0.1, -0.05) is 11.6 Å². The van der Waals surface area contributed by atoms with Gasteiger partial charge in [0.25, 0.3) is 0 Å². The van der Waals surface area contributed by atoms with Crippen LogP contribution in [0.2, 0.25) is 5.02 Å². The molecule has 1 aliphatic heterocycles. The van der Waals surface area contributed by atoms with Gasteiger partial charge in [0, 0.05) is 35.6 Å². The Morgan fingerprint density at radius 2 is 2.21 bits per heavy atom. The van der Waals surface area contributed by atoms with Crippen LogP contribution < -0.4 is 4.90 Å². The fourth-order valence-corrected chi connectivity index (χ4v) is 5.08. The molecule has 1 aromatic rings. The molecule has 1 aliphatic rings. The van der Waals surface area contributed by atoms with E-state index >= 15 is 0 Å². The molecule has 0 amide bonds. The van der Waals surface area contributed by atoms with E-state index in [1.54, 1.807) is 30.0 Å². The van der Waals surface area contributed by atoms with Crippen molar-refractivity contribution in [1.29, 1.82) is 0 Å². The number of rotatable bonds is 3. The Morgan fingerprint density at radius 1 is 1.47 bits per heavy atom. The molecule has 0 saturated carbocycles. The summed E-state index contributed by atoms with van der Waals surface area (Å²) in [6, 6.07) is 5.01. The lowest BCUT2D eigenvalue weighted by atomic mass is 10.2. The summed E-state index contributed by atoms with van der Waals surface area (Å²) in [6.07, 6.45) is 1.93. The second kappa shape index (κ2) is 5.73. The largest absolute Gasteiger partial charge is 0.353 e. The van der Waals surface area contributed by atoms with Gasteiger partial charge in [0.15, 0.2) is 16.1 Å². The Kier molecular flexibility index (Phi) is 4.43. The lowest BCUT2D eigenvalue weighted by molar-refractivity contribution is 0.112. The van der Waals surface area contributed by atoms with E-state index < -0.39 is 15.2 Å². The third kappa shape index (κ3) is 3.24. The summed E-state index contributed by atoms with van der Waals surface area (Å²) in [5.74, 6) is 1.42. The monoisotopic (exact) mass is 319 g/mol. The lowest BCUT2D eigenvalue weighted by Crippen LogP contribution is -2.47. The van der Waals surface area contributed by atoms with Crippen LogP contribution in [0.1, 0.15) is 10.4 Å². The molecule has 1 heterocycles. The van der Waals surface area contributed by atoms with Crippen molar-refractivity contribution in [2.24, 2.45) is 0 Å². The second-order valence-corrected chi connectivity index (χ2v) is 8.14. The van der Waals surface area contributed by atoms with Crippen LogP contribution in [0.3, 0.4) is 0 Å². The highest BCUT2D eigenvalue weighted by molar-refractivity contribution is 8.01. The normalized spacial score (nSPS) is 20.3. The van der Waals surface area contributed by atoms with Crippen molar-refractivity contribution >= 4 is 45.2 Å². The van der Waals surface area contributed by atoms with Gasteiger partial charge in [0.1, 0.15) is 5.37 Å². The fraction of sp³-hybridized carbons (Fsp3) is 0.417. The predicted molar refractivity (Wildman–Crippen MR) is 80.1 cm³/mol. The maximum atomic E-state index is 11.8. The van der Waals surface area contributed by atoms with Gasteiger partial charge in [-0.05, 0) is 18.2 Å². The first-order valence-corrected chi connectivity index (χ1v) is 9.20. The zero-order chi connectivity index (χ0) is 14.0. The van der Waals surface area contributed by atoms with Crippen LogP contribution in [0.5, 0.6) is 0 Å². The predicted octanol–water partition coefficient (Wildman–Crippen LogP) is 2.08. The Morgan fingerprint density at radius 3 is 2.79 bits per heavy atom. The maximum absolute atomic E-state index is 11.8. The minimum Gasteiger partial charge on any atom is -0.353 e. The molecule has 1 unspecified atom stereocenters. The van der Waals surface area contributed by atoms with E-state index in [9.17, 15) is 13.2 Å². The summed E-state index contributed by atoms with van der Waals surface area (Å²) in [4.78, 5) is 12.6. The van der Waals surface area contributed by atoms with Gasteiger partial charge in [0.2, 0.25) is 0 Å². The number of benzene rings is 1. The number of carbonyl (C=O) groups excluding carboxylic acids is 1. The highest BCUT2D eigenvalue weighted by Crippen LogP contribution is 2.29. The number of aldehydes is 1. The average Bonchev–Trinajstić information content (AvgIpc) is 2.37. The molecule has 2 rings (SSSR count). The molecule has 1 atom stereocenters. The SMILES string of the molecule is CS(=O)(=O)C1CSCCN1c1ccc(C=O)c(Cl)c1. The summed E-state index contributed by atoms with van der Waals surface area (Å²) < 4.78 is 23.7. The van der Waals surface area contributed by atoms with E-state index in [-0.39, 0.29) is 0 Å². The third-order valence-corrected chi connectivity index (χ3v) is 5.99. The Labute approximate surface area is 122 Å². The highest BCUT2D eigenvalue weighted by Gasteiger charge is 2.31. The molecule has 0 aliphatic carbocycles. The average molecular weight is 320 g/mol. The van der Waals surface area contributed by atoms with E-state index in [4.69, 9.17) is 11.6 Å². The van der Waals surface area contributed by atoms with E-state index in [1.165, 1.54) is 6.26 Å². The van der Waals surface area contributed by atoms with E-state index in [2.05, 4.69) is 0 Å². The number of hydrogen-bond acceptors (Lipinski definition) is 5. The number of sulfone groups is 1. The van der Waals surface area contributed by atoms with Crippen molar-refractivity contribution in [3.05, 3.63) is 28.8 Å². The number of halogens is 1. The van der Waals surface area contributed by atoms with Crippen LogP contribution in [-0.4, -0.2) is 44.4 Å². The second-order valence-electron chi connectivity index (χ2n) is 4.38. The van der Waals surface area contributed by atoms with Gasteiger partial charge in [0.05, 0.1) is 5.02 Å². The summed E-state index contributed by atoms with van der Waals surface area (Å²) in [5.41, 5.74) is 1.15. The molecule has 0 bridgehead atoms. The van der Waals surface area contributed by atoms with Crippen LogP contribution in [-0.2, 0) is 9.84 Å².